The van der Waals surface area contributed by atoms with Gasteiger partial charge >= 0.3 is 12.1 Å². The van der Waals surface area contributed by atoms with Gasteiger partial charge in [-0.15, -0.1) is 0 Å². The van der Waals surface area contributed by atoms with Crippen LogP contribution in [0, 0.1) is 0 Å². The minimum atomic E-state index is -4.48. The minimum Gasteiger partial charge on any atom is -0.478 e. The van der Waals surface area contributed by atoms with Gasteiger partial charge in [-0.3, -0.25) is 0 Å². The first kappa shape index (κ1) is 13.1. The molecule has 0 radical (unpaired) electrons. The molecule has 3 nitrogen and oxygen atoms in total. The summed E-state index contributed by atoms with van der Waals surface area (Å²) in [5.41, 5.74) is -1.21. The number of benzene rings is 1. The van der Waals surface area contributed by atoms with Crippen LogP contribution in [0.2, 0.25) is 0 Å². The van der Waals surface area contributed by atoms with Crippen molar-refractivity contribution in [3.8, 4) is 0 Å². The van der Waals surface area contributed by atoms with Gasteiger partial charge in [-0.25, -0.2) is 4.79 Å². The highest BCUT2D eigenvalue weighted by Crippen LogP contribution is 2.34. The number of hydrogen-bond donors (Lipinski definition) is 2. The van der Waals surface area contributed by atoms with Gasteiger partial charge in [-0.05, 0) is 12.1 Å². The molecule has 92 valence electrons. The number of halogens is 3. The fourth-order valence-corrected chi connectivity index (χ4v) is 1.16. The Bertz CT molecular complexity index is 441. The van der Waals surface area contributed by atoms with Crippen molar-refractivity contribution in [3.63, 3.8) is 0 Å². The van der Waals surface area contributed by atoms with E-state index in [2.05, 4.69) is 11.9 Å². The zero-order valence-corrected chi connectivity index (χ0v) is 8.71. The van der Waals surface area contributed by atoms with Gasteiger partial charge in [0.25, 0.3) is 0 Å². The van der Waals surface area contributed by atoms with Crippen molar-refractivity contribution in [1.29, 1.82) is 0 Å². The second-order valence-corrected chi connectivity index (χ2v) is 3.31. The average molecular weight is 245 g/mol. The van der Waals surface area contributed by atoms with Crippen LogP contribution in [0.4, 0.5) is 18.9 Å². The molecule has 0 unspecified atom stereocenters. The highest BCUT2D eigenvalue weighted by molar-refractivity contribution is 5.86. The van der Waals surface area contributed by atoms with Gasteiger partial charge in [0, 0.05) is 17.8 Å². The highest BCUT2D eigenvalue weighted by Gasteiger charge is 2.33. The number of nitrogens with one attached hydrogen (secondary N) is 1. The van der Waals surface area contributed by atoms with Gasteiger partial charge in [-0.2, -0.15) is 13.2 Å². The van der Waals surface area contributed by atoms with E-state index in [0.29, 0.717) is 0 Å². The van der Waals surface area contributed by atoms with Gasteiger partial charge in [0.05, 0.1) is 5.56 Å². The lowest BCUT2D eigenvalue weighted by Gasteiger charge is -2.14. The van der Waals surface area contributed by atoms with Crippen LogP contribution in [0.5, 0.6) is 0 Å². The molecule has 0 saturated heterocycles. The Hall–Kier alpha value is -1.98. The van der Waals surface area contributed by atoms with E-state index >= 15 is 0 Å². The predicted molar refractivity (Wildman–Crippen MR) is 56.7 cm³/mol. The number of carboxylic acids is 1. The largest absolute Gasteiger partial charge is 0.478 e. The summed E-state index contributed by atoms with van der Waals surface area (Å²) >= 11 is 0. The van der Waals surface area contributed by atoms with Gasteiger partial charge in [0.1, 0.15) is 0 Å². The van der Waals surface area contributed by atoms with Crippen molar-refractivity contribution in [3.05, 3.63) is 42.0 Å². The van der Waals surface area contributed by atoms with Gasteiger partial charge in [0.2, 0.25) is 0 Å². The maximum Gasteiger partial charge on any atom is 0.418 e. The van der Waals surface area contributed by atoms with Crippen molar-refractivity contribution in [2.24, 2.45) is 0 Å². The highest BCUT2D eigenvalue weighted by atomic mass is 19.4. The summed E-state index contributed by atoms with van der Waals surface area (Å²) < 4.78 is 37.7. The summed E-state index contributed by atoms with van der Waals surface area (Å²) in [6, 6.07) is 4.85. The average Bonchev–Trinajstić information content (AvgIpc) is 2.24. The van der Waals surface area contributed by atoms with Crippen LogP contribution in [0.1, 0.15) is 5.56 Å². The van der Waals surface area contributed by atoms with Gasteiger partial charge in [0.15, 0.2) is 0 Å². The molecule has 0 fully saturated rings. The number of aliphatic carboxylic acids is 1. The Morgan fingerprint density at radius 3 is 2.47 bits per heavy atom. The molecule has 6 heteroatoms. The molecule has 0 heterocycles. The van der Waals surface area contributed by atoms with Gasteiger partial charge < -0.3 is 10.4 Å². The van der Waals surface area contributed by atoms with E-state index in [-0.39, 0.29) is 17.8 Å². The Balaban J connectivity index is 2.85. The third-order valence-corrected chi connectivity index (χ3v) is 2.03. The number of anilines is 1. The summed E-state index contributed by atoms with van der Waals surface area (Å²) in [5.74, 6) is -1.25. The van der Waals surface area contributed by atoms with Crippen molar-refractivity contribution in [2.45, 2.75) is 6.18 Å². The number of carboxylic acid groups (broad SMARTS) is 1. The standard InChI is InChI=1S/C11H10F3NO2/c1-7(10(16)17)6-15-9-5-3-2-4-8(9)11(12,13)14/h2-5,15H,1,6H2,(H,16,17). The fourth-order valence-electron chi connectivity index (χ4n) is 1.16. The number of hydrogen-bond acceptors (Lipinski definition) is 2. The Morgan fingerprint density at radius 2 is 1.94 bits per heavy atom. The molecule has 0 aliphatic carbocycles. The molecule has 0 spiro atoms. The Kier molecular flexibility index (Phi) is 3.77. The van der Waals surface area contributed by atoms with E-state index in [0.717, 1.165) is 6.07 Å². The van der Waals surface area contributed by atoms with Crippen molar-refractivity contribution >= 4 is 11.7 Å². The van der Waals surface area contributed by atoms with Crippen LogP contribution in [-0.2, 0) is 11.0 Å². The third-order valence-electron chi connectivity index (χ3n) is 2.03. The molecule has 0 aliphatic rings. The predicted octanol–water partition coefficient (Wildman–Crippen LogP) is 2.76. The summed E-state index contributed by atoms with van der Waals surface area (Å²) in [6.45, 7) is 2.97. The van der Waals surface area contributed by atoms with E-state index in [9.17, 15) is 18.0 Å². The molecule has 0 amide bonds. The van der Waals surface area contributed by atoms with Crippen LogP contribution in [0.25, 0.3) is 0 Å². The van der Waals surface area contributed by atoms with Crippen LogP contribution in [-0.4, -0.2) is 17.6 Å². The Labute approximate surface area is 95.6 Å². The van der Waals surface area contributed by atoms with Gasteiger partial charge in [-0.1, -0.05) is 18.7 Å². The zero-order valence-electron chi connectivity index (χ0n) is 8.71. The number of rotatable bonds is 4. The topological polar surface area (TPSA) is 49.3 Å². The summed E-state index contributed by atoms with van der Waals surface area (Å²) in [7, 11) is 0. The van der Waals surface area contributed by atoms with E-state index in [1.165, 1.54) is 18.2 Å². The van der Waals surface area contributed by atoms with Crippen LogP contribution < -0.4 is 5.32 Å². The van der Waals surface area contributed by atoms with E-state index in [4.69, 9.17) is 5.11 Å². The maximum absolute atomic E-state index is 12.6. The maximum atomic E-state index is 12.6. The molecule has 1 aromatic carbocycles. The molecule has 0 atom stereocenters. The number of alkyl halides is 3. The summed E-state index contributed by atoms with van der Waals surface area (Å²) in [4.78, 5) is 10.4. The van der Waals surface area contributed by atoms with E-state index in [1.807, 2.05) is 0 Å². The summed E-state index contributed by atoms with van der Waals surface area (Å²) in [5, 5.41) is 10.9. The zero-order chi connectivity index (χ0) is 13.1. The molecule has 0 aliphatic heterocycles. The normalized spacial score (nSPS) is 11.0. The molecule has 1 aromatic rings. The summed E-state index contributed by atoms with van der Waals surface area (Å²) in [6.07, 6.45) is -4.48. The van der Waals surface area contributed by atoms with E-state index < -0.39 is 17.7 Å². The molecular formula is C11H10F3NO2. The third kappa shape index (κ3) is 3.51. The Morgan fingerprint density at radius 1 is 1.35 bits per heavy atom. The first-order valence-corrected chi connectivity index (χ1v) is 4.63. The van der Waals surface area contributed by atoms with E-state index in [1.54, 1.807) is 0 Å². The first-order chi connectivity index (χ1) is 7.82. The molecular weight excluding hydrogens is 235 g/mol. The lowest BCUT2D eigenvalue weighted by molar-refractivity contribution is -0.137. The first-order valence-electron chi connectivity index (χ1n) is 4.63. The van der Waals surface area contributed by atoms with Crippen molar-refractivity contribution < 1.29 is 23.1 Å². The molecule has 17 heavy (non-hydrogen) atoms. The SMILES string of the molecule is C=C(CNc1ccccc1C(F)(F)F)C(=O)O. The molecule has 0 saturated carbocycles. The van der Waals surface area contributed by atoms with Crippen LogP contribution in [0.3, 0.4) is 0 Å². The second kappa shape index (κ2) is 4.90. The lowest BCUT2D eigenvalue weighted by Crippen LogP contribution is -2.15. The lowest BCUT2D eigenvalue weighted by atomic mass is 10.1. The minimum absolute atomic E-state index is 0.164. The van der Waals surface area contributed by atoms with Crippen LogP contribution >= 0.6 is 0 Å². The fraction of sp³-hybridized carbons (Fsp3) is 0.182. The quantitative estimate of drug-likeness (QED) is 0.802. The number of para-hydroxylation sites is 1. The van der Waals surface area contributed by atoms with Crippen molar-refractivity contribution in [2.75, 3.05) is 11.9 Å². The smallest absolute Gasteiger partial charge is 0.418 e. The second-order valence-electron chi connectivity index (χ2n) is 3.31. The van der Waals surface area contributed by atoms with Crippen LogP contribution in [0.15, 0.2) is 36.4 Å². The molecule has 0 aromatic heterocycles. The molecule has 2 N–H and O–H groups in total. The number of carbonyl (C=O) groups is 1. The molecule has 1 rings (SSSR count). The molecule has 0 bridgehead atoms. The monoisotopic (exact) mass is 245 g/mol. The van der Waals surface area contributed by atoms with Crippen molar-refractivity contribution in [1.82, 2.24) is 0 Å².